The molecule has 1 saturated heterocycles. The molecule has 2 aromatic heterocycles. The summed E-state index contributed by atoms with van der Waals surface area (Å²) in [6.07, 6.45) is 2.82. The monoisotopic (exact) mass is 368 g/mol. The molecule has 136 valence electrons. The molecule has 2 amide bonds. The molecule has 1 aromatic carbocycles. The maximum absolute atomic E-state index is 12.8. The number of fused-ring (bicyclic) bond motifs is 1. The van der Waals surface area contributed by atoms with Crippen molar-refractivity contribution in [3.05, 3.63) is 52.0 Å². The first kappa shape index (κ1) is 17.1. The van der Waals surface area contributed by atoms with E-state index in [1.54, 1.807) is 11.3 Å². The summed E-state index contributed by atoms with van der Waals surface area (Å²) in [6, 6.07) is 10.5. The zero-order valence-corrected chi connectivity index (χ0v) is 16.0. The van der Waals surface area contributed by atoms with Crippen LogP contribution in [0.2, 0.25) is 0 Å². The summed E-state index contributed by atoms with van der Waals surface area (Å²) in [5.41, 5.74) is 3.21. The number of thiophene rings is 1. The lowest BCUT2D eigenvalue weighted by atomic mass is 10.2. The fraction of sp³-hybridized carbons (Fsp3) is 0.400. The van der Waals surface area contributed by atoms with E-state index in [0.29, 0.717) is 0 Å². The van der Waals surface area contributed by atoms with Gasteiger partial charge in [-0.05, 0) is 55.8 Å². The molecule has 0 saturated carbocycles. The molecule has 3 heterocycles. The zero-order valence-electron chi connectivity index (χ0n) is 15.2. The topological polar surface area (TPSA) is 61.0 Å². The molecule has 3 aromatic rings. The standard InChI is InChI=1S/C20H24N4OS/c1-13-7-8-16-17(11-13)23-19(22-16)18-6-3-9-24(18)20(25)21-14(2)12-15-5-4-10-26-15/h4-5,7-8,10-11,14,18H,3,6,9,12H2,1-2H3,(H,21,25)(H,22,23). The number of aromatic amines is 1. The molecule has 4 rings (SSSR count). The Morgan fingerprint density at radius 1 is 1.46 bits per heavy atom. The fourth-order valence-electron chi connectivity index (χ4n) is 3.67. The molecule has 0 radical (unpaired) electrons. The summed E-state index contributed by atoms with van der Waals surface area (Å²) in [5.74, 6) is 0.893. The predicted octanol–water partition coefficient (Wildman–Crippen LogP) is 4.41. The number of carbonyl (C=O) groups is 1. The van der Waals surface area contributed by atoms with Gasteiger partial charge in [0.25, 0.3) is 0 Å². The average molecular weight is 369 g/mol. The number of hydrogen-bond donors (Lipinski definition) is 2. The van der Waals surface area contributed by atoms with E-state index < -0.39 is 0 Å². The van der Waals surface area contributed by atoms with Gasteiger partial charge in [-0.25, -0.2) is 9.78 Å². The van der Waals surface area contributed by atoms with Crippen LogP contribution in [0.15, 0.2) is 35.7 Å². The maximum atomic E-state index is 12.8. The van der Waals surface area contributed by atoms with Crippen LogP contribution in [-0.2, 0) is 6.42 Å². The number of amides is 2. The Kier molecular flexibility index (Phi) is 4.68. The van der Waals surface area contributed by atoms with Crippen molar-refractivity contribution < 1.29 is 4.79 Å². The molecule has 1 fully saturated rings. The number of urea groups is 1. The van der Waals surface area contributed by atoms with Gasteiger partial charge in [0.15, 0.2) is 0 Å². The van der Waals surface area contributed by atoms with Crippen molar-refractivity contribution in [3.63, 3.8) is 0 Å². The van der Waals surface area contributed by atoms with E-state index in [9.17, 15) is 4.79 Å². The lowest BCUT2D eigenvalue weighted by Crippen LogP contribution is -2.44. The summed E-state index contributed by atoms with van der Waals surface area (Å²) in [6.45, 7) is 4.91. The van der Waals surface area contributed by atoms with Crippen molar-refractivity contribution in [3.8, 4) is 0 Å². The Morgan fingerprint density at radius 2 is 2.35 bits per heavy atom. The lowest BCUT2D eigenvalue weighted by Gasteiger charge is -2.25. The van der Waals surface area contributed by atoms with E-state index in [-0.39, 0.29) is 18.1 Å². The van der Waals surface area contributed by atoms with Crippen molar-refractivity contribution in [2.24, 2.45) is 0 Å². The summed E-state index contributed by atoms with van der Waals surface area (Å²) < 4.78 is 0. The molecule has 2 atom stereocenters. The Labute approximate surface area is 157 Å². The van der Waals surface area contributed by atoms with Gasteiger partial charge in [-0.3, -0.25) is 0 Å². The highest BCUT2D eigenvalue weighted by molar-refractivity contribution is 7.09. The van der Waals surface area contributed by atoms with E-state index >= 15 is 0 Å². The van der Waals surface area contributed by atoms with Crippen LogP contribution in [0.4, 0.5) is 4.79 Å². The van der Waals surface area contributed by atoms with Crippen LogP contribution in [0.25, 0.3) is 11.0 Å². The molecule has 2 N–H and O–H groups in total. The number of aromatic nitrogens is 2. The second-order valence-corrected chi connectivity index (χ2v) is 8.16. The first-order chi connectivity index (χ1) is 12.6. The van der Waals surface area contributed by atoms with Crippen molar-refractivity contribution in [2.45, 2.75) is 45.2 Å². The number of carbonyl (C=O) groups excluding carboxylic acids is 1. The van der Waals surface area contributed by atoms with Gasteiger partial charge in [-0.2, -0.15) is 0 Å². The second-order valence-electron chi connectivity index (χ2n) is 7.13. The van der Waals surface area contributed by atoms with Crippen LogP contribution in [0.3, 0.4) is 0 Å². The molecule has 26 heavy (non-hydrogen) atoms. The van der Waals surface area contributed by atoms with Crippen molar-refractivity contribution in [1.29, 1.82) is 0 Å². The van der Waals surface area contributed by atoms with Gasteiger partial charge in [-0.15, -0.1) is 11.3 Å². The third-order valence-electron chi connectivity index (χ3n) is 4.94. The van der Waals surface area contributed by atoms with Gasteiger partial charge in [0, 0.05) is 23.9 Å². The predicted molar refractivity (Wildman–Crippen MR) is 106 cm³/mol. The number of hydrogen-bond acceptors (Lipinski definition) is 3. The van der Waals surface area contributed by atoms with E-state index in [1.165, 1.54) is 10.4 Å². The minimum absolute atomic E-state index is 0.00759. The molecule has 1 aliphatic heterocycles. The second kappa shape index (κ2) is 7.11. The fourth-order valence-corrected chi connectivity index (χ4v) is 4.51. The number of benzene rings is 1. The molecule has 0 spiro atoms. The Bertz CT molecular complexity index is 902. The summed E-state index contributed by atoms with van der Waals surface area (Å²) >= 11 is 1.73. The largest absolute Gasteiger partial charge is 0.340 e. The van der Waals surface area contributed by atoms with Gasteiger partial charge in [-0.1, -0.05) is 12.1 Å². The van der Waals surface area contributed by atoms with Gasteiger partial charge in [0.2, 0.25) is 0 Å². The Morgan fingerprint density at radius 3 is 3.15 bits per heavy atom. The number of imidazole rings is 1. The zero-order chi connectivity index (χ0) is 18.1. The summed E-state index contributed by atoms with van der Waals surface area (Å²) in [4.78, 5) is 24.2. The number of likely N-dealkylation sites (tertiary alicyclic amines) is 1. The molecule has 1 aliphatic rings. The molecule has 6 heteroatoms. The van der Waals surface area contributed by atoms with Crippen molar-refractivity contribution in [1.82, 2.24) is 20.2 Å². The van der Waals surface area contributed by atoms with Crippen LogP contribution in [-0.4, -0.2) is 33.5 Å². The van der Waals surface area contributed by atoms with Gasteiger partial charge in [0.1, 0.15) is 5.82 Å². The maximum Gasteiger partial charge on any atom is 0.318 e. The van der Waals surface area contributed by atoms with Gasteiger partial charge >= 0.3 is 6.03 Å². The molecular weight excluding hydrogens is 344 g/mol. The van der Waals surface area contributed by atoms with Crippen LogP contribution in [0.5, 0.6) is 0 Å². The number of nitrogens with zero attached hydrogens (tertiary/aromatic N) is 2. The van der Waals surface area contributed by atoms with E-state index in [0.717, 1.165) is 42.7 Å². The minimum Gasteiger partial charge on any atom is -0.340 e. The Balaban J connectivity index is 1.47. The van der Waals surface area contributed by atoms with Crippen molar-refractivity contribution >= 4 is 28.4 Å². The molecule has 2 unspecified atom stereocenters. The number of aryl methyl sites for hydroxylation is 1. The van der Waals surface area contributed by atoms with Crippen LogP contribution in [0, 0.1) is 6.92 Å². The number of H-pyrrole nitrogens is 1. The van der Waals surface area contributed by atoms with E-state index in [2.05, 4.69) is 47.7 Å². The highest BCUT2D eigenvalue weighted by Gasteiger charge is 2.32. The lowest BCUT2D eigenvalue weighted by molar-refractivity contribution is 0.188. The third-order valence-corrected chi connectivity index (χ3v) is 5.84. The number of rotatable bonds is 4. The van der Waals surface area contributed by atoms with Crippen LogP contribution in [0.1, 0.15) is 42.1 Å². The average Bonchev–Trinajstić information content (AvgIpc) is 3.33. The van der Waals surface area contributed by atoms with Gasteiger partial charge < -0.3 is 15.2 Å². The Hall–Kier alpha value is -2.34. The minimum atomic E-state index is 0.00759. The first-order valence-corrected chi connectivity index (χ1v) is 10.0. The van der Waals surface area contributed by atoms with E-state index in [4.69, 9.17) is 4.98 Å². The highest BCUT2D eigenvalue weighted by atomic mass is 32.1. The van der Waals surface area contributed by atoms with Crippen LogP contribution < -0.4 is 5.32 Å². The van der Waals surface area contributed by atoms with E-state index in [1.807, 2.05) is 17.0 Å². The molecule has 0 aliphatic carbocycles. The summed E-state index contributed by atoms with van der Waals surface area (Å²) in [5, 5.41) is 5.23. The smallest absolute Gasteiger partial charge is 0.318 e. The summed E-state index contributed by atoms with van der Waals surface area (Å²) in [7, 11) is 0. The van der Waals surface area contributed by atoms with Gasteiger partial charge in [0.05, 0.1) is 17.1 Å². The third kappa shape index (κ3) is 3.46. The highest BCUT2D eigenvalue weighted by Crippen LogP contribution is 2.31. The van der Waals surface area contributed by atoms with Crippen LogP contribution >= 0.6 is 11.3 Å². The van der Waals surface area contributed by atoms with Crippen molar-refractivity contribution in [2.75, 3.05) is 6.54 Å². The normalized spacial score (nSPS) is 18.4. The quantitative estimate of drug-likeness (QED) is 0.716. The number of nitrogens with one attached hydrogen (secondary N) is 2. The molecule has 5 nitrogen and oxygen atoms in total. The first-order valence-electron chi connectivity index (χ1n) is 9.16. The molecular formula is C20H24N4OS. The SMILES string of the molecule is Cc1ccc2nc(C3CCCN3C(=O)NC(C)Cc3cccs3)[nH]c2c1. The molecule has 0 bridgehead atoms.